The van der Waals surface area contributed by atoms with Crippen molar-refractivity contribution in [3.8, 4) is 0 Å². The van der Waals surface area contributed by atoms with E-state index in [4.69, 9.17) is 0 Å². The monoisotopic (exact) mass is 374 g/mol. The zero-order valence-electron chi connectivity index (χ0n) is 13.1. The zero-order chi connectivity index (χ0) is 18.3. The first kappa shape index (κ1) is 16.1. The average Bonchev–Trinajstić information content (AvgIpc) is 3.29. The van der Waals surface area contributed by atoms with Gasteiger partial charge in [0.05, 0.1) is 6.54 Å². The fourth-order valence-electron chi connectivity index (χ4n) is 2.58. The first-order valence-electron chi connectivity index (χ1n) is 7.48. The van der Waals surface area contributed by atoms with Crippen LogP contribution in [0.3, 0.4) is 0 Å². The van der Waals surface area contributed by atoms with Crippen LogP contribution in [0.25, 0.3) is 0 Å². The topological polar surface area (TPSA) is 102 Å². The van der Waals surface area contributed by atoms with Gasteiger partial charge in [-0.15, -0.1) is 11.3 Å². The van der Waals surface area contributed by atoms with Crippen molar-refractivity contribution in [3.63, 3.8) is 0 Å². The summed E-state index contributed by atoms with van der Waals surface area (Å²) in [5, 5.41) is 8.71. The standard InChI is InChI=1S/C15H11FN6O3S/c16-9-1-3-10(4-2-9)20-7-11-19-21(15(25)22(11)14(20)24)8-12(23)18-13-17-5-6-26-13/h1-6H,7-8H2,(H,17,18,23). The molecule has 0 saturated heterocycles. The molecule has 0 fully saturated rings. The lowest BCUT2D eigenvalue weighted by molar-refractivity contribution is -0.117. The molecule has 1 aliphatic rings. The molecule has 26 heavy (non-hydrogen) atoms. The zero-order valence-corrected chi connectivity index (χ0v) is 13.9. The second kappa shape index (κ2) is 6.19. The van der Waals surface area contributed by atoms with E-state index < -0.39 is 23.4 Å². The van der Waals surface area contributed by atoms with Gasteiger partial charge in [-0.25, -0.2) is 23.6 Å². The third kappa shape index (κ3) is 2.77. The minimum absolute atomic E-state index is 0.0564. The van der Waals surface area contributed by atoms with Gasteiger partial charge in [0.1, 0.15) is 12.4 Å². The lowest BCUT2D eigenvalue weighted by Gasteiger charge is -2.14. The van der Waals surface area contributed by atoms with Crippen LogP contribution in [-0.4, -0.2) is 31.3 Å². The highest BCUT2D eigenvalue weighted by Crippen LogP contribution is 2.22. The van der Waals surface area contributed by atoms with Crippen molar-refractivity contribution in [2.45, 2.75) is 13.1 Å². The molecule has 0 bridgehead atoms. The largest absolute Gasteiger partial charge is 0.354 e. The molecule has 0 unspecified atom stereocenters. The highest BCUT2D eigenvalue weighted by atomic mass is 32.1. The quantitative estimate of drug-likeness (QED) is 0.741. The minimum atomic E-state index is -0.705. The van der Waals surface area contributed by atoms with E-state index >= 15 is 0 Å². The Morgan fingerprint density at radius 3 is 2.69 bits per heavy atom. The Morgan fingerprint density at radius 2 is 2.04 bits per heavy atom. The van der Waals surface area contributed by atoms with Gasteiger partial charge >= 0.3 is 11.7 Å². The molecule has 0 saturated carbocycles. The fourth-order valence-corrected chi connectivity index (χ4v) is 3.13. The number of hydrogen-bond acceptors (Lipinski definition) is 6. The van der Waals surface area contributed by atoms with Crippen LogP contribution >= 0.6 is 11.3 Å². The Kier molecular flexibility index (Phi) is 3.84. The molecule has 3 aromatic rings. The van der Waals surface area contributed by atoms with E-state index in [1.165, 1.54) is 40.5 Å². The van der Waals surface area contributed by atoms with E-state index in [-0.39, 0.29) is 18.9 Å². The third-order valence-electron chi connectivity index (χ3n) is 3.74. The van der Waals surface area contributed by atoms with Crippen molar-refractivity contribution in [1.82, 2.24) is 19.3 Å². The molecule has 0 aliphatic carbocycles. The number of carbonyl (C=O) groups excluding carboxylic acids is 2. The Hall–Kier alpha value is -3.34. The van der Waals surface area contributed by atoms with Gasteiger partial charge in [-0.1, -0.05) is 0 Å². The summed E-state index contributed by atoms with van der Waals surface area (Å²) in [5.41, 5.74) is -0.252. The molecule has 0 atom stereocenters. The molecular formula is C15H11FN6O3S. The predicted molar refractivity (Wildman–Crippen MR) is 90.6 cm³/mol. The molecule has 4 rings (SSSR count). The maximum atomic E-state index is 13.0. The maximum Gasteiger partial charge on any atom is 0.354 e. The van der Waals surface area contributed by atoms with Crippen molar-refractivity contribution in [2.24, 2.45) is 0 Å². The van der Waals surface area contributed by atoms with Gasteiger partial charge < -0.3 is 5.32 Å². The summed E-state index contributed by atoms with van der Waals surface area (Å²) in [7, 11) is 0. The SMILES string of the molecule is O=C(Cn1nc2n(c1=O)C(=O)N(c1ccc(F)cc1)C2)Nc1nccs1. The Morgan fingerprint density at radius 1 is 1.27 bits per heavy atom. The average molecular weight is 374 g/mol. The summed E-state index contributed by atoms with van der Waals surface area (Å²) in [6, 6.07) is 4.75. The van der Waals surface area contributed by atoms with Gasteiger partial charge in [-0.05, 0) is 24.3 Å². The molecule has 2 aromatic heterocycles. The summed E-state index contributed by atoms with van der Waals surface area (Å²) in [6.07, 6.45) is 1.54. The summed E-state index contributed by atoms with van der Waals surface area (Å²) in [5.74, 6) is -0.681. The van der Waals surface area contributed by atoms with Crippen molar-refractivity contribution in [2.75, 3.05) is 10.2 Å². The second-order valence-electron chi connectivity index (χ2n) is 5.42. The summed E-state index contributed by atoms with van der Waals surface area (Å²) in [6.45, 7) is -0.275. The van der Waals surface area contributed by atoms with Crippen molar-refractivity contribution < 1.29 is 14.0 Å². The molecular weight excluding hydrogens is 363 g/mol. The molecule has 1 aliphatic heterocycles. The van der Waals surface area contributed by atoms with Gasteiger partial charge in [0, 0.05) is 17.3 Å². The number of nitrogens with one attached hydrogen (secondary N) is 1. The number of nitrogens with zero attached hydrogens (tertiary/aromatic N) is 5. The van der Waals surface area contributed by atoms with Crippen LogP contribution < -0.4 is 15.9 Å². The van der Waals surface area contributed by atoms with Crippen LogP contribution in [0.15, 0.2) is 40.6 Å². The van der Waals surface area contributed by atoms with Gasteiger partial charge in [-0.2, -0.15) is 9.67 Å². The number of rotatable bonds is 4. The van der Waals surface area contributed by atoms with Crippen LogP contribution in [0.1, 0.15) is 5.82 Å². The predicted octanol–water partition coefficient (Wildman–Crippen LogP) is 1.27. The Bertz CT molecular complexity index is 1040. The van der Waals surface area contributed by atoms with Gasteiger partial charge in [0.15, 0.2) is 11.0 Å². The van der Waals surface area contributed by atoms with E-state index in [0.29, 0.717) is 10.8 Å². The maximum absolute atomic E-state index is 13.0. The number of carbonyl (C=O) groups is 2. The smallest absolute Gasteiger partial charge is 0.300 e. The van der Waals surface area contributed by atoms with Crippen molar-refractivity contribution in [3.05, 3.63) is 58.0 Å². The third-order valence-corrected chi connectivity index (χ3v) is 4.43. The van der Waals surface area contributed by atoms with Crippen LogP contribution in [0.5, 0.6) is 0 Å². The molecule has 2 amide bonds. The van der Waals surface area contributed by atoms with E-state index in [0.717, 1.165) is 9.25 Å². The van der Waals surface area contributed by atoms with Crippen LogP contribution in [-0.2, 0) is 17.9 Å². The first-order valence-corrected chi connectivity index (χ1v) is 8.36. The van der Waals surface area contributed by atoms with Crippen LogP contribution in [0, 0.1) is 5.82 Å². The van der Waals surface area contributed by atoms with E-state index in [1.807, 2.05) is 0 Å². The number of aromatic nitrogens is 4. The first-order chi connectivity index (χ1) is 12.5. The second-order valence-corrected chi connectivity index (χ2v) is 6.32. The molecule has 0 radical (unpaired) electrons. The molecule has 132 valence electrons. The van der Waals surface area contributed by atoms with E-state index in [1.54, 1.807) is 11.6 Å². The number of amides is 2. The highest BCUT2D eigenvalue weighted by molar-refractivity contribution is 7.13. The van der Waals surface area contributed by atoms with Crippen molar-refractivity contribution in [1.29, 1.82) is 0 Å². The summed E-state index contributed by atoms with van der Waals surface area (Å²) in [4.78, 5) is 42.1. The van der Waals surface area contributed by atoms with E-state index in [9.17, 15) is 18.8 Å². The minimum Gasteiger partial charge on any atom is -0.300 e. The Labute approximate surface area is 149 Å². The lowest BCUT2D eigenvalue weighted by Crippen LogP contribution is -2.36. The number of fused-ring (bicyclic) bond motifs is 1. The number of benzene rings is 1. The fraction of sp³-hybridized carbons (Fsp3) is 0.133. The summed E-state index contributed by atoms with van der Waals surface area (Å²) >= 11 is 1.25. The van der Waals surface area contributed by atoms with Gasteiger partial charge in [0.2, 0.25) is 5.91 Å². The number of halogens is 1. The molecule has 9 nitrogen and oxygen atoms in total. The highest BCUT2D eigenvalue weighted by Gasteiger charge is 2.33. The van der Waals surface area contributed by atoms with E-state index in [2.05, 4.69) is 15.4 Å². The molecule has 1 N–H and O–H groups in total. The molecule has 0 spiro atoms. The molecule has 1 aromatic carbocycles. The number of thiazole rings is 1. The lowest BCUT2D eigenvalue weighted by atomic mass is 10.3. The van der Waals surface area contributed by atoms with Gasteiger partial charge in [-0.3, -0.25) is 9.69 Å². The normalized spacial score (nSPS) is 13.1. The molecule has 3 heterocycles. The van der Waals surface area contributed by atoms with Gasteiger partial charge in [0.25, 0.3) is 0 Å². The number of hydrogen-bond donors (Lipinski definition) is 1. The molecule has 11 heteroatoms. The number of anilines is 2. The summed E-state index contributed by atoms with van der Waals surface area (Å²) < 4.78 is 14.9. The van der Waals surface area contributed by atoms with Crippen LogP contribution in [0.4, 0.5) is 20.0 Å². The van der Waals surface area contributed by atoms with Crippen molar-refractivity contribution >= 4 is 34.1 Å². The Balaban J connectivity index is 1.53. The van der Waals surface area contributed by atoms with Crippen LogP contribution in [0.2, 0.25) is 0 Å².